The molecule has 33 heavy (non-hydrogen) atoms. The zero-order valence-corrected chi connectivity index (χ0v) is 19.5. The normalized spacial score (nSPS) is 11.0. The van der Waals surface area contributed by atoms with Crippen molar-refractivity contribution in [2.75, 3.05) is 13.2 Å². The Morgan fingerprint density at radius 3 is 2.58 bits per heavy atom. The molecular weight excluding hydrogens is 434 g/mol. The van der Waals surface area contributed by atoms with Gasteiger partial charge in [-0.3, -0.25) is 4.79 Å². The third-order valence-electron chi connectivity index (χ3n) is 5.59. The molecule has 0 aliphatic carbocycles. The van der Waals surface area contributed by atoms with E-state index in [1.54, 1.807) is 0 Å². The van der Waals surface area contributed by atoms with E-state index < -0.39 is 0 Å². The fourth-order valence-corrected chi connectivity index (χ4v) is 4.01. The Bertz CT molecular complexity index is 1220. The van der Waals surface area contributed by atoms with Crippen molar-refractivity contribution < 1.29 is 9.53 Å². The lowest BCUT2D eigenvalue weighted by atomic mass is 10.1. The van der Waals surface area contributed by atoms with E-state index in [9.17, 15) is 4.79 Å². The molecular formula is C27H28ClN3O2. The molecule has 0 radical (unpaired) electrons. The van der Waals surface area contributed by atoms with Gasteiger partial charge < -0.3 is 14.6 Å². The standard InChI is InChI=1S/C27H28ClN3O2/c1-20-8-2-3-9-23(20)27(32)29-17-6-12-26-30-24-10-4-5-11-25(24)31(26)18-7-19-33-22-15-13-21(28)14-16-22/h2-5,8-11,13-16H,6-7,12,17-19H2,1H3,(H,29,32). The molecule has 1 amide bonds. The lowest BCUT2D eigenvalue weighted by Crippen LogP contribution is -2.25. The zero-order valence-electron chi connectivity index (χ0n) is 18.8. The van der Waals surface area contributed by atoms with Crippen LogP contribution in [0.1, 0.15) is 34.6 Å². The minimum Gasteiger partial charge on any atom is -0.494 e. The first-order valence-electron chi connectivity index (χ1n) is 11.3. The van der Waals surface area contributed by atoms with E-state index in [-0.39, 0.29) is 5.91 Å². The highest BCUT2D eigenvalue weighted by molar-refractivity contribution is 6.30. The second kappa shape index (κ2) is 11.0. The van der Waals surface area contributed by atoms with E-state index in [1.165, 1.54) is 0 Å². The monoisotopic (exact) mass is 461 g/mol. The lowest BCUT2D eigenvalue weighted by Gasteiger charge is -2.11. The maximum absolute atomic E-state index is 12.4. The predicted octanol–water partition coefficient (Wildman–Crippen LogP) is 5.83. The molecule has 4 rings (SSSR count). The van der Waals surface area contributed by atoms with Gasteiger partial charge in [-0.05, 0) is 67.8 Å². The Balaban J connectivity index is 1.33. The van der Waals surface area contributed by atoms with E-state index in [4.69, 9.17) is 21.3 Å². The zero-order chi connectivity index (χ0) is 23.0. The number of hydrogen-bond acceptors (Lipinski definition) is 3. The summed E-state index contributed by atoms with van der Waals surface area (Å²) in [6.07, 6.45) is 2.48. The van der Waals surface area contributed by atoms with Crippen molar-refractivity contribution >= 4 is 28.5 Å². The fourth-order valence-electron chi connectivity index (χ4n) is 3.88. The van der Waals surface area contributed by atoms with Gasteiger partial charge in [0.25, 0.3) is 5.91 Å². The van der Waals surface area contributed by atoms with Crippen LogP contribution in [0.5, 0.6) is 5.75 Å². The molecule has 4 aromatic rings. The average molecular weight is 462 g/mol. The van der Waals surface area contributed by atoms with Crippen molar-refractivity contribution in [3.63, 3.8) is 0 Å². The Hall–Kier alpha value is -3.31. The summed E-state index contributed by atoms with van der Waals surface area (Å²) in [5.41, 5.74) is 3.83. The fraction of sp³-hybridized carbons (Fsp3) is 0.259. The van der Waals surface area contributed by atoms with Crippen molar-refractivity contribution in [2.45, 2.75) is 32.7 Å². The summed E-state index contributed by atoms with van der Waals surface area (Å²) >= 11 is 5.93. The van der Waals surface area contributed by atoms with Crippen LogP contribution in [0.3, 0.4) is 0 Å². The van der Waals surface area contributed by atoms with Crippen molar-refractivity contribution in [3.05, 3.63) is 94.8 Å². The minimum absolute atomic E-state index is 0.0269. The van der Waals surface area contributed by atoms with Gasteiger partial charge in [0.15, 0.2) is 0 Å². The number of aryl methyl sites for hydroxylation is 3. The molecule has 0 unspecified atom stereocenters. The van der Waals surface area contributed by atoms with Gasteiger partial charge in [-0.2, -0.15) is 0 Å². The van der Waals surface area contributed by atoms with Crippen LogP contribution >= 0.6 is 11.6 Å². The number of aromatic nitrogens is 2. The summed E-state index contributed by atoms with van der Waals surface area (Å²) in [7, 11) is 0. The number of nitrogens with one attached hydrogen (secondary N) is 1. The number of rotatable bonds is 10. The second-order valence-corrected chi connectivity index (χ2v) is 8.44. The van der Waals surface area contributed by atoms with Gasteiger partial charge in [0.2, 0.25) is 0 Å². The number of fused-ring (bicyclic) bond motifs is 1. The molecule has 6 heteroatoms. The van der Waals surface area contributed by atoms with E-state index in [0.29, 0.717) is 18.2 Å². The number of amides is 1. The molecule has 0 aliphatic rings. The van der Waals surface area contributed by atoms with Crippen LogP contribution in [0.4, 0.5) is 0 Å². The topological polar surface area (TPSA) is 56.2 Å². The van der Waals surface area contributed by atoms with E-state index in [1.807, 2.05) is 73.7 Å². The first kappa shape index (κ1) is 22.9. The number of carbonyl (C=O) groups is 1. The highest BCUT2D eigenvalue weighted by Crippen LogP contribution is 2.19. The van der Waals surface area contributed by atoms with E-state index >= 15 is 0 Å². The van der Waals surface area contributed by atoms with Crippen molar-refractivity contribution in [2.24, 2.45) is 0 Å². The van der Waals surface area contributed by atoms with Gasteiger partial charge >= 0.3 is 0 Å². The highest BCUT2D eigenvalue weighted by Gasteiger charge is 2.11. The van der Waals surface area contributed by atoms with Crippen LogP contribution < -0.4 is 10.1 Å². The molecule has 0 fully saturated rings. The molecule has 0 saturated carbocycles. The summed E-state index contributed by atoms with van der Waals surface area (Å²) in [5, 5.41) is 3.73. The predicted molar refractivity (Wildman–Crippen MR) is 133 cm³/mol. The molecule has 0 aliphatic heterocycles. The lowest BCUT2D eigenvalue weighted by molar-refractivity contribution is 0.0952. The van der Waals surface area contributed by atoms with Crippen LogP contribution in [-0.4, -0.2) is 28.6 Å². The number of nitrogens with zero attached hydrogens (tertiary/aromatic N) is 2. The number of para-hydroxylation sites is 2. The minimum atomic E-state index is -0.0269. The summed E-state index contributed by atoms with van der Waals surface area (Å²) in [6.45, 7) is 3.99. The van der Waals surface area contributed by atoms with Crippen LogP contribution in [0, 0.1) is 6.92 Å². The first-order chi connectivity index (χ1) is 16.1. The molecule has 3 aromatic carbocycles. The Kier molecular flexibility index (Phi) is 7.63. The summed E-state index contributed by atoms with van der Waals surface area (Å²) in [5.74, 6) is 1.83. The quantitative estimate of drug-likeness (QED) is 0.302. The number of ether oxygens (including phenoxy) is 1. The van der Waals surface area contributed by atoms with Gasteiger partial charge in [0.1, 0.15) is 11.6 Å². The number of imidazole rings is 1. The maximum Gasteiger partial charge on any atom is 0.251 e. The third kappa shape index (κ3) is 5.93. The molecule has 5 nitrogen and oxygen atoms in total. The largest absolute Gasteiger partial charge is 0.494 e. The number of benzene rings is 3. The Labute approximate surface area is 199 Å². The van der Waals surface area contributed by atoms with Gasteiger partial charge in [-0.1, -0.05) is 41.9 Å². The van der Waals surface area contributed by atoms with Crippen LogP contribution in [0.2, 0.25) is 5.02 Å². The molecule has 0 saturated heterocycles. The molecule has 1 N–H and O–H groups in total. The van der Waals surface area contributed by atoms with Crippen LogP contribution in [0.25, 0.3) is 11.0 Å². The SMILES string of the molecule is Cc1ccccc1C(=O)NCCCc1nc2ccccc2n1CCCOc1ccc(Cl)cc1. The van der Waals surface area contributed by atoms with Gasteiger partial charge in [0, 0.05) is 30.1 Å². The highest BCUT2D eigenvalue weighted by atomic mass is 35.5. The van der Waals surface area contributed by atoms with E-state index in [2.05, 4.69) is 16.0 Å². The number of halogens is 1. The maximum atomic E-state index is 12.4. The molecule has 0 atom stereocenters. The smallest absolute Gasteiger partial charge is 0.251 e. The molecule has 0 bridgehead atoms. The average Bonchev–Trinajstić information content (AvgIpc) is 3.18. The Morgan fingerprint density at radius 1 is 1.00 bits per heavy atom. The van der Waals surface area contributed by atoms with Crippen molar-refractivity contribution in [1.29, 1.82) is 0 Å². The molecule has 1 aromatic heterocycles. The molecule has 0 spiro atoms. The number of carbonyl (C=O) groups excluding carboxylic acids is 1. The first-order valence-corrected chi connectivity index (χ1v) is 11.7. The summed E-state index contributed by atoms with van der Waals surface area (Å²) in [4.78, 5) is 17.3. The van der Waals surface area contributed by atoms with Crippen LogP contribution in [0.15, 0.2) is 72.8 Å². The van der Waals surface area contributed by atoms with Crippen LogP contribution in [-0.2, 0) is 13.0 Å². The second-order valence-electron chi connectivity index (χ2n) is 8.00. The number of hydrogen-bond donors (Lipinski definition) is 1. The summed E-state index contributed by atoms with van der Waals surface area (Å²) in [6, 6.07) is 23.3. The van der Waals surface area contributed by atoms with Gasteiger partial charge in [-0.15, -0.1) is 0 Å². The van der Waals surface area contributed by atoms with Crippen molar-refractivity contribution in [3.8, 4) is 5.75 Å². The van der Waals surface area contributed by atoms with E-state index in [0.717, 1.165) is 59.5 Å². The molecule has 170 valence electrons. The Morgan fingerprint density at radius 2 is 1.76 bits per heavy atom. The van der Waals surface area contributed by atoms with Gasteiger partial charge in [-0.25, -0.2) is 4.98 Å². The summed E-state index contributed by atoms with van der Waals surface area (Å²) < 4.78 is 8.12. The van der Waals surface area contributed by atoms with Crippen molar-refractivity contribution in [1.82, 2.24) is 14.9 Å². The third-order valence-corrected chi connectivity index (χ3v) is 5.85. The van der Waals surface area contributed by atoms with Gasteiger partial charge in [0.05, 0.1) is 17.6 Å². The molecule has 1 heterocycles.